The SMILES string of the molecule is CC(C)Oc1ccc(CCNCC#N)cc1. The van der Waals surface area contributed by atoms with Gasteiger partial charge >= 0.3 is 0 Å². The van der Waals surface area contributed by atoms with Gasteiger partial charge in [0, 0.05) is 6.54 Å². The molecule has 3 heteroatoms. The van der Waals surface area contributed by atoms with Crippen LogP contribution in [-0.4, -0.2) is 19.2 Å². The van der Waals surface area contributed by atoms with Gasteiger partial charge in [0.05, 0.1) is 18.7 Å². The van der Waals surface area contributed by atoms with Crippen molar-refractivity contribution in [3.8, 4) is 11.8 Å². The normalized spacial score (nSPS) is 10.1. The summed E-state index contributed by atoms with van der Waals surface area (Å²) in [6.45, 7) is 5.27. The number of ether oxygens (including phenoxy) is 1. The number of nitrogens with one attached hydrogen (secondary N) is 1. The van der Waals surface area contributed by atoms with E-state index in [-0.39, 0.29) is 6.10 Å². The Morgan fingerprint density at radius 2 is 2.00 bits per heavy atom. The summed E-state index contributed by atoms with van der Waals surface area (Å²) in [6.07, 6.45) is 1.15. The average Bonchev–Trinajstić information content (AvgIpc) is 2.26. The van der Waals surface area contributed by atoms with Gasteiger partial charge in [0.2, 0.25) is 0 Å². The highest BCUT2D eigenvalue weighted by atomic mass is 16.5. The molecule has 3 nitrogen and oxygen atoms in total. The fourth-order valence-electron chi connectivity index (χ4n) is 1.38. The maximum atomic E-state index is 8.35. The molecular formula is C13H18N2O. The number of nitrogens with zero attached hydrogens (tertiary/aromatic N) is 1. The summed E-state index contributed by atoms with van der Waals surface area (Å²) in [7, 11) is 0. The summed E-state index contributed by atoms with van der Waals surface area (Å²) in [4.78, 5) is 0. The third kappa shape index (κ3) is 4.81. The lowest BCUT2D eigenvalue weighted by atomic mass is 10.1. The lowest BCUT2D eigenvalue weighted by Crippen LogP contribution is -2.17. The Hall–Kier alpha value is -1.53. The zero-order valence-electron chi connectivity index (χ0n) is 9.86. The molecule has 0 heterocycles. The van der Waals surface area contributed by atoms with Crippen molar-refractivity contribution >= 4 is 0 Å². The van der Waals surface area contributed by atoms with Crippen molar-refractivity contribution in [2.24, 2.45) is 0 Å². The van der Waals surface area contributed by atoms with Gasteiger partial charge in [-0.2, -0.15) is 5.26 Å². The van der Waals surface area contributed by atoms with Crippen molar-refractivity contribution in [3.63, 3.8) is 0 Å². The molecule has 1 N–H and O–H groups in total. The summed E-state index contributed by atoms with van der Waals surface area (Å²) in [5.41, 5.74) is 1.25. The predicted octanol–water partition coefficient (Wildman–Crippen LogP) is 2.13. The second kappa shape index (κ2) is 6.86. The van der Waals surface area contributed by atoms with E-state index >= 15 is 0 Å². The molecule has 0 saturated carbocycles. The average molecular weight is 218 g/mol. The smallest absolute Gasteiger partial charge is 0.119 e. The molecule has 0 amide bonds. The van der Waals surface area contributed by atoms with Crippen LogP contribution in [-0.2, 0) is 6.42 Å². The van der Waals surface area contributed by atoms with Gasteiger partial charge in [-0.05, 0) is 38.0 Å². The topological polar surface area (TPSA) is 45.0 Å². The third-order valence-electron chi connectivity index (χ3n) is 2.09. The van der Waals surface area contributed by atoms with Crippen LogP contribution in [0.3, 0.4) is 0 Å². The highest BCUT2D eigenvalue weighted by molar-refractivity contribution is 5.27. The van der Waals surface area contributed by atoms with Crippen LogP contribution in [0.1, 0.15) is 19.4 Å². The fourth-order valence-corrected chi connectivity index (χ4v) is 1.38. The van der Waals surface area contributed by atoms with Gasteiger partial charge in [0.25, 0.3) is 0 Å². The van der Waals surface area contributed by atoms with E-state index in [1.807, 2.05) is 26.0 Å². The first-order chi connectivity index (χ1) is 7.72. The molecule has 0 aliphatic carbocycles. The molecule has 0 radical (unpaired) electrons. The van der Waals surface area contributed by atoms with Crippen LogP contribution < -0.4 is 10.1 Å². The van der Waals surface area contributed by atoms with Crippen molar-refractivity contribution < 1.29 is 4.74 Å². The summed E-state index contributed by atoms with van der Waals surface area (Å²) in [6, 6.07) is 10.1. The van der Waals surface area contributed by atoms with Gasteiger partial charge < -0.3 is 10.1 Å². The third-order valence-corrected chi connectivity index (χ3v) is 2.09. The lowest BCUT2D eigenvalue weighted by Gasteiger charge is -2.10. The zero-order valence-corrected chi connectivity index (χ0v) is 9.86. The number of hydrogen-bond acceptors (Lipinski definition) is 3. The number of nitriles is 1. The molecule has 1 aromatic carbocycles. The molecule has 0 atom stereocenters. The van der Waals surface area contributed by atoms with Gasteiger partial charge in [0.1, 0.15) is 5.75 Å². The monoisotopic (exact) mass is 218 g/mol. The highest BCUT2D eigenvalue weighted by Crippen LogP contribution is 2.13. The van der Waals surface area contributed by atoms with E-state index in [0.29, 0.717) is 6.54 Å². The molecule has 0 spiro atoms. The molecule has 0 fully saturated rings. The molecule has 86 valence electrons. The minimum absolute atomic E-state index is 0.211. The van der Waals surface area contributed by atoms with Gasteiger partial charge in [-0.1, -0.05) is 12.1 Å². The largest absolute Gasteiger partial charge is 0.491 e. The van der Waals surface area contributed by atoms with E-state index in [0.717, 1.165) is 18.7 Å². The van der Waals surface area contributed by atoms with Crippen LogP contribution in [0.5, 0.6) is 5.75 Å². The Morgan fingerprint density at radius 1 is 1.31 bits per heavy atom. The Labute approximate surface area is 97.0 Å². The molecule has 1 aromatic rings. The summed E-state index contributed by atoms with van der Waals surface area (Å²) >= 11 is 0. The molecule has 1 rings (SSSR count). The molecule has 0 unspecified atom stereocenters. The number of benzene rings is 1. The van der Waals surface area contributed by atoms with E-state index in [1.165, 1.54) is 5.56 Å². The van der Waals surface area contributed by atoms with E-state index < -0.39 is 0 Å². The molecule has 0 saturated heterocycles. The van der Waals surface area contributed by atoms with E-state index in [4.69, 9.17) is 10.00 Å². The van der Waals surface area contributed by atoms with Gasteiger partial charge in [-0.15, -0.1) is 0 Å². The van der Waals surface area contributed by atoms with Crippen molar-refractivity contribution in [2.45, 2.75) is 26.4 Å². The minimum atomic E-state index is 0.211. The van der Waals surface area contributed by atoms with Gasteiger partial charge in [-0.25, -0.2) is 0 Å². The Kier molecular flexibility index (Phi) is 5.38. The van der Waals surface area contributed by atoms with Crippen molar-refractivity contribution in [3.05, 3.63) is 29.8 Å². The van der Waals surface area contributed by atoms with Crippen LogP contribution in [0.4, 0.5) is 0 Å². The first-order valence-electron chi connectivity index (χ1n) is 5.55. The molecule has 0 aliphatic heterocycles. The van der Waals surface area contributed by atoms with Crippen molar-refractivity contribution in [2.75, 3.05) is 13.1 Å². The number of rotatable bonds is 6. The quantitative estimate of drug-likeness (QED) is 0.587. The second-order valence-electron chi connectivity index (χ2n) is 3.90. The molecule has 0 aliphatic rings. The van der Waals surface area contributed by atoms with E-state index in [9.17, 15) is 0 Å². The van der Waals surface area contributed by atoms with Crippen molar-refractivity contribution in [1.82, 2.24) is 5.32 Å². The van der Waals surface area contributed by atoms with E-state index in [1.54, 1.807) is 0 Å². The highest BCUT2D eigenvalue weighted by Gasteiger charge is 1.97. The number of hydrogen-bond donors (Lipinski definition) is 1. The predicted molar refractivity (Wildman–Crippen MR) is 64.4 cm³/mol. The molecular weight excluding hydrogens is 200 g/mol. The summed E-state index contributed by atoms with van der Waals surface area (Å²) in [5, 5.41) is 11.4. The Balaban J connectivity index is 2.37. The summed E-state index contributed by atoms with van der Waals surface area (Å²) in [5.74, 6) is 0.906. The van der Waals surface area contributed by atoms with Crippen LogP contribution in [0, 0.1) is 11.3 Å². The molecule has 0 bridgehead atoms. The standard InChI is InChI=1S/C13H18N2O/c1-11(2)16-13-5-3-12(4-6-13)7-9-15-10-8-14/h3-6,11,15H,7,9-10H2,1-2H3. The molecule has 16 heavy (non-hydrogen) atoms. The lowest BCUT2D eigenvalue weighted by molar-refractivity contribution is 0.242. The van der Waals surface area contributed by atoms with Crippen LogP contribution in [0.2, 0.25) is 0 Å². The summed E-state index contributed by atoms with van der Waals surface area (Å²) < 4.78 is 5.55. The molecule has 0 aromatic heterocycles. The van der Waals surface area contributed by atoms with Crippen LogP contribution in [0.15, 0.2) is 24.3 Å². The van der Waals surface area contributed by atoms with Gasteiger partial charge in [-0.3, -0.25) is 0 Å². The fraction of sp³-hybridized carbons (Fsp3) is 0.462. The Morgan fingerprint density at radius 3 is 2.56 bits per heavy atom. The minimum Gasteiger partial charge on any atom is -0.491 e. The van der Waals surface area contributed by atoms with Gasteiger partial charge in [0.15, 0.2) is 0 Å². The first-order valence-corrected chi connectivity index (χ1v) is 5.55. The van der Waals surface area contributed by atoms with E-state index in [2.05, 4.69) is 23.5 Å². The second-order valence-corrected chi connectivity index (χ2v) is 3.90. The van der Waals surface area contributed by atoms with Crippen molar-refractivity contribution in [1.29, 1.82) is 5.26 Å². The zero-order chi connectivity index (χ0) is 11.8. The maximum absolute atomic E-state index is 8.35. The van der Waals surface area contributed by atoms with Crippen LogP contribution in [0.25, 0.3) is 0 Å². The first kappa shape index (κ1) is 12.5. The maximum Gasteiger partial charge on any atom is 0.119 e. The Bertz CT molecular complexity index is 338. The van der Waals surface area contributed by atoms with Crippen LogP contribution >= 0.6 is 0 Å².